The second-order valence-corrected chi connectivity index (χ2v) is 8.91. The third-order valence-electron chi connectivity index (χ3n) is 6.21. The highest BCUT2D eigenvalue weighted by Crippen LogP contribution is 2.26. The molecule has 28 heavy (non-hydrogen) atoms. The number of nitrogens with zero attached hydrogens (tertiary/aromatic N) is 1. The van der Waals surface area contributed by atoms with Crippen molar-refractivity contribution in [1.82, 2.24) is 4.98 Å². The van der Waals surface area contributed by atoms with Gasteiger partial charge in [0.15, 0.2) is 0 Å². The first-order valence-corrected chi connectivity index (χ1v) is 12.9. The molecule has 0 aliphatic carbocycles. The highest BCUT2D eigenvalue weighted by atomic mass is 15.1. The molecule has 0 amide bonds. The maximum Gasteiger partial charge on any atom is 0.257 e. The molecular weight excluding hydrogens is 340 g/mol. The Kier molecular flexibility index (Phi) is 16.5. The van der Waals surface area contributed by atoms with Crippen LogP contribution in [0.4, 0.5) is 0 Å². The number of rotatable bonds is 20. The van der Waals surface area contributed by atoms with E-state index in [1.54, 1.807) is 0 Å². The maximum absolute atomic E-state index is 3.58. The van der Waals surface area contributed by atoms with Gasteiger partial charge in [-0.3, -0.25) is 0 Å². The number of nitrogens with one attached hydrogen (secondary N) is 1. The minimum Gasteiger partial charge on any atom is -0.247 e. The Hall–Kier alpha value is -0.790. The van der Waals surface area contributed by atoms with E-state index in [4.69, 9.17) is 0 Å². The number of hydrogen-bond donors (Lipinski definition) is 1. The summed E-state index contributed by atoms with van der Waals surface area (Å²) in [5, 5.41) is 0. The summed E-state index contributed by atoms with van der Waals surface area (Å²) in [6, 6.07) is 0. The quantitative estimate of drug-likeness (QED) is 0.170. The lowest BCUT2D eigenvalue weighted by molar-refractivity contribution is -0.704. The number of H-pyrrole nitrogens is 1. The molecule has 1 aromatic rings. The van der Waals surface area contributed by atoms with Crippen LogP contribution in [0, 0.1) is 0 Å². The smallest absolute Gasteiger partial charge is 0.247 e. The molecule has 0 aliphatic rings. The minimum atomic E-state index is 0.733. The van der Waals surface area contributed by atoms with Crippen molar-refractivity contribution in [3.05, 3.63) is 18.2 Å². The van der Waals surface area contributed by atoms with Gasteiger partial charge in [0, 0.05) is 0 Å². The maximum atomic E-state index is 3.58. The molecular formula is C26H51N2+. The SMILES string of the molecule is CCCCCCCCCCCCC[C@H](CCCCCC)c1[nH]cc[n+]1CCC. The number of aryl methyl sites for hydroxylation is 1. The first-order chi connectivity index (χ1) is 13.8. The number of aromatic amines is 1. The van der Waals surface area contributed by atoms with E-state index in [2.05, 4.69) is 42.7 Å². The highest BCUT2D eigenvalue weighted by molar-refractivity contribution is 4.90. The lowest BCUT2D eigenvalue weighted by Gasteiger charge is -2.14. The van der Waals surface area contributed by atoms with Crippen LogP contribution in [0.2, 0.25) is 0 Å². The molecule has 1 heterocycles. The largest absolute Gasteiger partial charge is 0.257 e. The Morgan fingerprint density at radius 2 is 1.11 bits per heavy atom. The Morgan fingerprint density at radius 3 is 1.61 bits per heavy atom. The molecule has 1 atom stereocenters. The Bertz CT molecular complexity index is 437. The van der Waals surface area contributed by atoms with Gasteiger partial charge in [0.1, 0.15) is 12.4 Å². The van der Waals surface area contributed by atoms with E-state index >= 15 is 0 Å². The third-order valence-corrected chi connectivity index (χ3v) is 6.21. The summed E-state index contributed by atoms with van der Waals surface area (Å²) in [5.74, 6) is 2.22. The van der Waals surface area contributed by atoms with Crippen LogP contribution in [0.25, 0.3) is 0 Å². The predicted molar refractivity (Wildman–Crippen MR) is 124 cm³/mol. The zero-order valence-electron chi connectivity index (χ0n) is 19.6. The van der Waals surface area contributed by atoms with Crippen molar-refractivity contribution in [2.45, 2.75) is 149 Å². The van der Waals surface area contributed by atoms with Gasteiger partial charge in [0.05, 0.1) is 12.5 Å². The molecule has 0 aliphatic heterocycles. The lowest BCUT2D eigenvalue weighted by Crippen LogP contribution is -2.37. The van der Waals surface area contributed by atoms with Gasteiger partial charge in [0.2, 0.25) is 0 Å². The minimum absolute atomic E-state index is 0.733. The first-order valence-electron chi connectivity index (χ1n) is 12.9. The monoisotopic (exact) mass is 391 g/mol. The normalized spacial score (nSPS) is 12.5. The molecule has 0 bridgehead atoms. The molecule has 2 nitrogen and oxygen atoms in total. The average molecular weight is 392 g/mol. The second-order valence-electron chi connectivity index (χ2n) is 8.91. The highest BCUT2D eigenvalue weighted by Gasteiger charge is 2.22. The molecule has 0 saturated carbocycles. The van der Waals surface area contributed by atoms with Crippen molar-refractivity contribution in [2.24, 2.45) is 0 Å². The van der Waals surface area contributed by atoms with Crippen LogP contribution in [0.3, 0.4) is 0 Å². The van der Waals surface area contributed by atoms with Gasteiger partial charge in [-0.05, 0) is 19.3 Å². The first kappa shape index (κ1) is 25.2. The number of imidazole rings is 1. The predicted octanol–water partition coefficient (Wildman–Crippen LogP) is 8.47. The number of aromatic nitrogens is 2. The molecule has 0 unspecified atom stereocenters. The molecule has 164 valence electrons. The van der Waals surface area contributed by atoms with Gasteiger partial charge in [0.25, 0.3) is 5.82 Å². The van der Waals surface area contributed by atoms with Gasteiger partial charge in [-0.25, -0.2) is 9.55 Å². The topological polar surface area (TPSA) is 19.7 Å². The number of unbranched alkanes of at least 4 members (excludes halogenated alkanes) is 13. The van der Waals surface area contributed by atoms with Crippen molar-refractivity contribution >= 4 is 0 Å². The van der Waals surface area contributed by atoms with Crippen LogP contribution in [0.1, 0.15) is 148 Å². The van der Waals surface area contributed by atoms with Crippen LogP contribution >= 0.6 is 0 Å². The Balaban J connectivity index is 2.23. The molecule has 0 fully saturated rings. The zero-order chi connectivity index (χ0) is 20.3. The van der Waals surface area contributed by atoms with E-state index in [1.165, 1.54) is 121 Å². The van der Waals surface area contributed by atoms with Crippen molar-refractivity contribution in [1.29, 1.82) is 0 Å². The molecule has 2 heteroatoms. The Labute approximate surface area is 176 Å². The molecule has 1 rings (SSSR count). The summed E-state index contributed by atoms with van der Waals surface area (Å²) in [5.41, 5.74) is 0. The van der Waals surface area contributed by atoms with Crippen LogP contribution in [0.15, 0.2) is 12.4 Å². The third kappa shape index (κ3) is 11.9. The van der Waals surface area contributed by atoms with Crippen LogP contribution in [-0.4, -0.2) is 4.98 Å². The molecule has 1 N–H and O–H groups in total. The summed E-state index contributed by atoms with van der Waals surface area (Å²) in [4.78, 5) is 3.58. The van der Waals surface area contributed by atoms with Gasteiger partial charge in [-0.2, -0.15) is 0 Å². The Morgan fingerprint density at radius 1 is 0.643 bits per heavy atom. The van der Waals surface area contributed by atoms with Gasteiger partial charge in [-0.1, -0.05) is 117 Å². The molecule has 1 aromatic heterocycles. The lowest BCUT2D eigenvalue weighted by atomic mass is 9.93. The summed E-state index contributed by atoms with van der Waals surface area (Å²) in [7, 11) is 0. The van der Waals surface area contributed by atoms with E-state index < -0.39 is 0 Å². The molecule has 0 spiro atoms. The van der Waals surface area contributed by atoms with E-state index in [-0.39, 0.29) is 0 Å². The van der Waals surface area contributed by atoms with E-state index in [1.807, 2.05) is 0 Å². The molecule has 0 saturated heterocycles. The van der Waals surface area contributed by atoms with E-state index in [9.17, 15) is 0 Å². The average Bonchev–Trinajstić information content (AvgIpc) is 3.16. The fourth-order valence-corrected chi connectivity index (χ4v) is 4.45. The van der Waals surface area contributed by atoms with E-state index in [0.29, 0.717) is 0 Å². The van der Waals surface area contributed by atoms with Gasteiger partial charge < -0.3 is 0 Å². The van der Waals surface area contributed by atoms with Crippen molar-refractivity contribution in [3.63, 3.8) is 0 Å². The van der Waals surface area contributed by atoms with Crippen LogP contribution in [-0.2, 0) is 6.54 Å². The summed E-state index contributed by atoms with van der Waals surface area (Å²) < 4.78 is 2.48. The van der Waals surface area contributed by atoms with E-state index in [0.717, 1.165) is 12.5 Å². The van der Waals surface area contributed by atoms with Crippen LogP contribution in [0.5, 0.6) is 0 Å². The zero-order valence-corrected chi connectivity index (χ0v) is 19.6. The standard InChI is InChI=1S/C26H50N2/c1-4-7-9-11-12-13-14-15-16-17-19-21-25(20-18-10-8-5-2)26-27-22-24-28(26)23-6-3/h22,24-25H,4-21,23H2,1-3H3/p+1/t25-/m0/s1. The summed E-state index contributed by atoms with van der Waals surface area (Å²) >= 11 is 0. The van der Waals surface area contributed by atoms with Crippen molar-refractivity contribution in [2.75, 3.05) is 0 Å². The van der Waals surface area contributed by atoms with Crippen molar-refractivity contribution in [3.8, 4) is 0 Å². The van der Waals surface area contributed by atoms with Crippen LogP contribution < -0.4 is 4.57 Å². The fraction of sp³-hybridized carbons (Fsp3) is 0.885. The molecule has 0 aromatic carbocycles. The summed E-state index contributed by atoms with van der Waals surface area (Å²) in [6.45, 7) is 8.05. The van der Waals surface area contributed by atoms with Gasteiger partial charge >= 0.3 is 0 Å². The number of hydrogen-bond acceptors (Lipinski definition) is 0. The fourth-order valence-electron chi connectivity index (χ4n) is 4.45. The van der Waals surface area contributed by atoms with Crippen molar-refractivity contribution < 1.29 is 4.57 Å². The van der Waals surface area contributed by atoms with Gasteiger partial charge in [-0.15, -0.1) is 0 Å². The second kappa shape index (κ2) is 18.3. The summed E-state index contributed by atoms with van der Waals surface area (Å²) in [6.07, 6.45) is 29.7. The molecule has 0 radical (unpaired) electrons.